The fourth-order valence-corrected chi connectivity index (χ4v) is 2.85. The van der Waals surface area contributed by atoms with Crippen molar-refractivity contribution in [3.8, 4) is 0 Å². The average Bonchev–Trinajstić information content (AvgIpc) is 3.09. The van der Waals surface area contributed by atoms with Gasteiger partial charge in [0.2, 0.25) is 0 Å². The van der Waals surface area contributed by atoms with Gasteiger partial charge in [0.1, 0.15) is 5.82 Å². The summed E-state index contributed by atoms with van der Waals surface area (Å²) in [6.07, 6.45) is 9.02. The molecule has 2 heterocycles. The van der Waals surface area contributed by atoms with E-state index in [2.05, 4.69) is 10.1 Å². The monoisotopic (exact) mass is 274 g/mol. The molecule has 0 radical (unpaired) electrons. The van der Waals surface area contributed by atoms with Crippen molar-refractivity contribution in [1.29, 1.82) is 0 Å². The number of pyridine rings is 1. The van der Waals surface area contributed by atoms with Gasteiger partial charge in [-0.05, 0) is 31.0 Å². The van der Waals surface area contributed by atoms with Crippen LogP contribution in [0.3, 0.4) is 0 Å². The van der Waals surface area contributed by atoms with Crippen molar-refractivity contribution in [3.05, 3.63) is 47.8 Å². The van der Waals surface area contributed by atoms with Crippen molar-refractivity contribution in [2.75, 3.05) is 0 Å². The zero-order valence-electron chi connectivity index (χ0n) is 11.4. The molecule has 1 fully saturated rings. The topological polar surface area (TPSA) is 56.7 Å². The van der Waals surface area contributed by atoms with Gasteiger partial charge < -0.3 is 5.73 Å². The lowest BCUT2D eigenvalue weighted by Gasteiger charge is -2.11. The molecule has 0 saturated heterocycles. The standard InChI is InChI=1S/C15H19FN4/c16-13-6-3-8-18-15(13)14(17)10-11-7-9-20(19-11)12-4-1-2-5-12/h3,6-9,12,14H,1-2,4-5,10,17H2. The summed E-state index contributed by atoms with van der Waals surface area (Å²) >= 11 is 0. The summed E-state index contributed by atoms with van der Waals surface area (Å²) in [4.78, 5) is 4.02. The fourth-order valence-electron chi connectivity index (χ4n) is 2.85. The van der Waals surface area contributed by atoms with Crippen LogP contribution in [0.5, 0.6) is 0 Å². The van der Waals surface area contributed by atoms with E-state index in [0.29, 0.717) is 18.2 Å². The second-order valence-corrected chi connectivity index (χ2v) is 5.41. The van der Waals surface area contributed by atoms with Gasteiger partial charge in [0.05, 0.1) is 23.5 Å². The Kier molecular flexibility index (Phi) is 3.78. The van der Waals surface area contributed by atoms with E-state index in [1.807, 2.05) is 16.9 Å². The predicted octanol–water partition coefficient (Wildman–Crippen LogP) is 2.77. The largest absolute Gasteiger partial charge is 0.322 e. The van der Waals surface area contributed by atoms with Gasteiger partial charge in [-0.15, -0.1) is 0 Å². The summed E-state index contributed by atoms with van der Waals surface area (Å²) < 4.78 is 15.7. The van der Waals surface area contributed by atoms with Crippen LogP contribution in [-0.4, -0.2) is 14.8 Å². The number of halogens is 1. The van der Waals surface area contributed by atoms with Crippen LogP contribution < -0.4 is 5.73 Å². The van der Waals surface area contributed by atoms with Gasteiger partial charge >= 0.3 is 0 Å². The second kappa shape index (κ2) is 5.71. The Morgan fingerprint density at radius 3 is 2.90 bits per heavy atom. The first-order valence-electron chi connectivity index (χ1n) is 7.14. The van der Waals surface area contributed by atoms with Gasteiger partial charge in [-0.2, -0.15) is 5.10 Å². The lowest BCUT2D eigenvalue weighted by atomic mass is 10.1. The number of rotatable bonds is 4. The van der Waals surface area contributed by atoms with Crippen LogP contribution in [0.25, 0.3) is 0 Å². The molecule has 1 aliphatic rings. The third kappa shape index (κ3) is 2.72. The molecular formula is C15H19FN4. The van der Waals surface area contributed by atoms with E-state index in [0.717, 1.165) is 5.69 Å². The van der Waals surface area contributed by atoms with Crippen molar-refractivity contribution in [1.82, 2.24) is 14.8 Å². The number of nitrogens with zero attached hydrogens (tertiary/aromatic N) is 3. The molecule has 0 spiro atoms. The minimum atomic E-state index is -0.455. The molecule has 0 aromatic carbocycles. The van der Waals surface area contributed by atoms with Crippen molar-refractivity contribution in [2.24, 2.45) is 5.73 Å². The summed E-state index contributed by atoms with van der Waals surface area (Å²) in [5.41, 5.74) is 7.24. The van der Waals surface area contributed by atoms with Crippen molar-refractivity contribution < 1.29 is 4.39 Å². The predicted molar refractivity (Wildman–Crippen MR) is 74.6 cm³/mol. The first-order chi connectivity index (χ1) is 9.74. The highest BCUT2D eigenvalue weighted by molar-refractivity contribution is 5.14. The molecule has 0 bridgehead atoms. The molecule has 1 aliphatic carbocycles. The number of hydrogen-bond donors (Lipinski definition) is 1. The molecule has 2 aromatic rings. The molecule has 2 N–H and O–H groups in total. The summed E-state index contributed by atoms with van der Waals surface area (Å²) in [6.45, 7) is 0. The molecule has 4 nitrogen and oxygen atoms in total. The SMILES string of the molecule is NC(Cc1ccn(C2CCCC2)n1)c1ncccc1F. The van der Waals surface area contributed by atoms with Gasteiger partial charge in [0.15, 0.2) is 0 Å². The molecule has 1 atom stereocenters. The lowest BCUT2D eigenvalue weighted by molar-refractivity contribution is 0.460. The van der Waals surface area contributed by atoms with E-state index in [1.54, 1.807) is 12.3 Å². The Morgan fingerprint density at radius 1 is 1.35 bits per heavy atom. The molecule has 106 valence electrons. The van der Waals surface area contributed by atoms with Crippen LogP contribution in [0.2, 0.25) is 0 Å². The summed E-state index contributed by atoms with van der Waals surface area (Å²) in [6, 6.07) is 4.99. The first-order valence-corrected chi connectivity index (χ1v) is 7.14. The van der Waals surface area contributed by atoms with E-state index in [4.69, 9.17) is 5.73 Å². The number of aromatic nitrogens is 3. The first kappa shape index (κ1) is 13.2. The number of hydrogen-bond acceptors (Lipinski definition) is 3. The van der Waals surface area contributed by atoms with Crippen LogP contribution >= 0.6 is 0 Å². The van der Waals surface area contributed by atoms with Gasteiger partial charge in [-0.25, -0.2) is 4.39 Å². The second-order valence-electron chi connectivity index (χ2n) is 5.41. The van der Waals surface area contributed by atoms with Gasteiger partial charge in [-0.3, -0.25) is 9.67 Å². The quantitative estimate of drug-likeness (QED) is 0.932. The minimum absolute atomic E-state index is 0.308. The van der Waals surface area contributed by atoms with E-state index >= 15 is 0 Å². The van der Waals surface area contributed by atoms with E-state index in [1.165, 1.54) is 31.7 Å². The normalized spacial score (nSPS) is 17.5. The van der Waals surface area contributed by atoms with Crippen molar-refractivity contribution in [3.63, 3.8) is 0 Å². The Balaban J connectivity index is 1.70. The smallest absolute Gasteiger partial charge is 0.146 e. The van der Waals surface area contributed by atoms with Crippen LogP contribution in [0.4, 0.5) is 4.39 Å². The highest BCUT2D eigenvalue weighted by Crippen LogP contribution is 2.29. The number of nitrogens with two attached hydrogens (primary N) is 1. The van der Waals surface area contributed by atoms with E-state index in [-0.39, 0.29) is 5.82 Å². The van der Waals surface area contributed by atoms with Gasteiger partial charge in [0, 0.05) is 18.8 Å². The lowest BCUT2D eigenvalue weighted by Crippen LogP contribution is -2.17. The highest BCUT2D eigenvalue weighted by Gasteiger charge is 2.19. The molecule has 1 saturated carbocycles. The Labute approximate surface area is 117 Å². The maximum absolute atomic E-state index is 13.6. The van der Waals surface area contributed by atoms with Crippen molar-refractivity contribution in [2.45, 2.75) is 44.2 Å². The molecule has 20 heavy (non-hydrogen) atoms. The van der Waals surface area contributed by atoms with E-state index < -0.39 is 6.04 Å². The summed E-state index contributed by atoms with van der Waals surface area (Å²) in [5.74, 6) is -0.352. The van der Waals surface area contributed by atoms with Gasteiger partial charge in [-0.1, -0.05) is 12.8 Å². The van der Waals surface area contributed by atoms with Crippen LogP contribution in [0.15, 0.2) is 30.6 Å². The molecule has 0 amide bonds. The molecule has 1 unspecified atom stereocenters. The maximum Gasteiger partial charge on any atom is 0.146 e. The van der Waals surface area contributed by atoms with Crippen LogP contribution in [0.1, 0.15) is 49.2 Å². The fraction of sp³-hybridized carbons (Fsp3) is 0.467. The van der Waals surface area contributed by atoms with Gasteiger partial charge in [0.25, 0.3) is 0 Å². The molecule has 3 rings (SSSR count). The Bertz CT molecular complexity index is 575. The maximum atomic E-state index is 13.6. The van der Waals surface area contributed by atoms with Crippen LogP contribution in [-0.2, 0) is 6.42 Å². The molecular weight excluding hydrogens is 255 g/mol. The third-order valence-electron chi connectivity index (χ3n) is 3.93. The molecule has 0 aliphatic heterocycles. The average molecular weight is 274 g/mol. The third-order valence-corrected chi connectivity index (χ3v) is 3.93. The van der Waals surface area contributed by atoms with Crippen molar-refractivity contribution >= 4 is 0 Å². The highest BCUT2D eigenvalue weighted by atomic mass is 19.1. The zero-order valence-corrected chi connectivity index (χ0v) is 11.4. The van der Waals surface area contributed by atoms with Crippen LogP contribution in [0, 0.1) is 5.82 Å². The minimum Gasteiger partial charge on any atom is -0.322 e. The summed E-state index contributed by atoms with van der Waals surface area (Å²) in [7, 11) is 0. The molecule has 2 aromatic heterocycles. The molecule has 5 heteroatoms. The Hall–Kier alpha value is -1.75. The Morgan fingerprint density at radius 2 is 2.15 bits per heavy atom. The summed E-state index contributed by atoms with van der Waals surface area (Å²) in [5, 5.41) is 4.57. The van der Waals surface area contributed by atoms with E-state index in [9.17, 15) is 4.39 Å². The zero-order chi connectivity index (χ0) is 13.9.